The van der Waals surface area contributed by atoms with Crippen LogP contribution >= 0.6 is 0 Å². The SMILES string of the molecule is CC.CC.Cc1ccc(C(=O)NCCOc2ncc(C)cn2)cc1. The molecule has 0 radical (unpaired) electrons. The van der Waals surface area contributed by atoms with Crippen molar-refractivity contribution in [1.82, 2.24) is 15.3 Å². The molecule has 1 N–H and O–H groups in total. The van der Waals surface area contributed by atoms with Gasteiger partial charge < -0.3 is 10.1 Å². The van der Waals surface area contributed by atoms with Gasteiger partial charge in [0.05, 0.1) is 6.54 Å². The van der Waals surface area contributed by atoms with Crippen LogP contribution in [0.2, 0.25) is 0 Å². The van der Waals surface area contributed by atoms with Crippen LogP contribution in [-0.4, -0.2) is 29.0 Å². The summed E-state index contributed by atoms with van der Waals surface area (Å²) >= 11 is 0. The predicted molar refractivity (Wildman–Crippen MR) is 98.5 cm³/mol. The van der Waals surface area contributed by atoms with Gasteiger partial charge in [0.15, 0.2) is 0 Å². The monoisotopic (exact) mass is 331 g/mol. The number of rotatable bonds is 5. The third kappa shape index (κ3) is 8.27. The number of amides is 1. The van der Waals surface area contributed by atoms with E-state index < -0.39 is 0 Å². The average molecular weight is 331 g/mol. The quantitative estimate of drug-likeness (QED) is 0.843. The molecular weight excluding hydrogens is 302 g/mol. The molecular formula is C19H29N3O2. The Bertz CT molecular complexity index is 566. The maximum absolute atomic E-state index is 11.8. The Kier molecular flexibility index (Phi) is 11.7. The summed E-state index contributed by atoms with van der Waals surface area (Å²) in [4.78, 5) is 19.8. The van der Waals surface area contributed by atoms with Crippen molar-refractivity contribution in [3.05, 3.63) is 53.3 Å². The van der Waals surface area contributed by atoms with Crippen molar-refractivity contribution >= 4 is 5.91 Å². The lowest BCUT2D eigenvalue weighted by atomic mass is 10.1. The summed E-state index contributed by atoms with van der Waals surface area (Å²) in [6, 6.07) is 7.74. The van der Waals surface area contributed by atoms with Gasteiger partial charge in [0.1, 0.15) is 6.61 Å². The first-order valence-corrected chi connectivity index (χ1v) is 8.41. The molecule has 0 saturated carbocycles. The van der Waals surface area contributed by atoms with Crippen LogP contribution in [-0.2, 0) is 0 Å². The van der Waals surface area contributed by atoms with Gasteiger partial charge in [-0.15, -0.1) is 0 Å². The molecule has 24 heavy (non-hydrogen) atoms. The first-order chi connectivity index (χ1) is 11.6. The Hall–Kier alpha value is -2.43. The van der Waals surface area contributed by atoms with Gasteiger partial charge in [0, 0.05) is 18.0 Å². The molecule has 0 saturated heterocycles. The van der Waals surface area contributed by atoms with Crippen molar-refractivity contribution in [3.63, 3.8) is 0 Å². The molecule has 0 bridgehead atoms. The largest absolute Gasteiger partial charge is 0.462 e. The summed E-state index contributed by atoms with van der Waals surface area (Å²) < 4.78 is 5.33. The number of hydrogen-bond acceptors (Lipinski definition) is 4. The third-order valence-electron chi connectivity index (χ3n) is 2.69. The summed E-state index contributed by atoms with van der Waals surface area (Å²) in [5, 5.41) is 2.78. The van der Waals surface area contributed by atoms with Gasteiger partial charge >= 0.3 is 6.01 Å². The van der Waals surface area contributed by atoms with E-state index in [1.165, 1.54) is 0 Å². The smallest absolute Gasteiger partial charge is 0.316 e. The summed E-state index contributed by atoms with van der Waals surface area (Å²) in [7, 11) is 0. The lowest BCUT2D eigenvalue weighted by Gasteiger charge is -2.06. The molecule has 0 fully saturated rings. The molecule has 1 aromatic carbocycles. The van der Waals surface area contributed by atoms with Crippen molar-refractivity contribution < 1.29 is 9.53 Å². The Morgan fingerprint density at radius 2 is 1.50 bits per heavy atom. The number of hydrogen-bond donors (Lipinski definition) is 1. The highest BCUT2D eigenvalue weighted by Crippen LogP contribution is 2.03. The molecule has 0 aliphatic carbocycles. The predicted octanol–water partition coefficient (Wildman–Crippen LogP) is 3.95. The van der Waals surface area contributed by atoms with E-state index in [1.54, 1.807) is 24.5 Å². The third-order valence-corrected chi connectivity index (χ3v) is 2.69. The van der Waals surface area contributed by atoms with Crippen molar-refractivity contribution in [2.24, 2.45) is 0 Å². The molecule has 0 spiro atoms. The highest BCUT2D eigenvalue weighted by atomic mass is 16.5. The molecule has 0 aliphatic rings. The Labute approximate surface area is 145 Å². The number of carbonyl (C=O) groups is 1. The number of aromatic nitrogens is 2. The molecule has 1 amide bonds. The lowest BCUT2D eigenvalue weighted by molar-refractivity contribution is 0.0946. The van der Waals surface area contributed by atoms with Crippen LogP contribution in [0.3, 0.4) is 0 Å². The maximum atomic E-state index is 11.8. The molecule has 0 aliphatic heterocycles. The molecule has 5 heteroatoms. The van der Waals surface area contributed by atoms with E-state index in [-0.39, 0.29) is 5.91 Å². The van der Waals surface area contributed by atoms with E-state index in [0.717, 1.165) is 11.1 Å². The van der Waals surface area contributed by atoms with Crippen molar-refractivity contribution in [2.75, 3.05) is 13.2 Å². The first-order valence-electron chi connectivity index (χ1n) is 8.41. The molecule has 2 aromatic rings. The molecule has 1 aromatic heterocycles. The van der Waals surface area contributed by atoms with E-state index in [4.69, 9.17) is 4.74 Å². The Morgan fingerprint density at radius 3 is 2.04 bits per heavy atom. The molecule has 5 nitrogen and oxygen atoms in total. The lowest BCUT2D eigenvalue weighted by Crippen LogP contribution is -2.28. The minimum absolute atomic E-state index is 0.113. The number of aryl methyl sites for hydroxylation is 2. The van der Waals surface area contributed by atoms with Gasteiger partial charge in [0.2, 0.25) is 0 Å². The average Bonchev–Trinajstić information content (AvgIpc) is 2.64. The van der Waals surface area contributed by atoms with Gasteiger partial charge in [-0.3, -0.25) is 4.79 Å². The number of benzene rings is 1. The summed E-state index contributed by atoms with van der Waals surface area (Å²) in [6.07, 6.45) is 3.38. The minimum atomic E-state index is -0.113. The van der Waals surface area contributed by atoms with Crippen LogP contribution < -0.4 is 10.1 Å². The minimum Gasteiger partial charge on any atom is -0.462 e. The van der Waals surface area contributed by atoms with Gasteiger partial charge in [0.25, 0.3) is 5.91 Å². The van der Waals surface area contributed by atoms with Gasteiger partial charge in [-0.1, -0.05) is 45.4 Å². The molecule has 0 atom stereocenters. The van der Waals surface area contributed by atoms with Gasteiger partial charge in [-0.25, -0.2) is 9.97 Å². The van der Waals surface area contributed by atoms with E-state index in [1.807, 2.05) is 53.7 Å². The topological polar surface area (TPSA) is 64.1 Å². The van der Waals surface area contributed by atoms with Crippen molar-refractivity contribution in [3.8, 4) is 6.01 Å². The molecule has 1 heterocycles. The number of nitrogens with one attached hydrogen (secondary N) is 1. The van der Waals surface area contributed by atoms with Crippen LogP contribution in [0.1, 0.15) is 49.2 Å². The zero-order valence-corrected chi connectivity index (χ0v) is 15.6. The van der Waals surface area contributed by atoms with Crippen LogP contribution in [0, 0.1) is 13.8 Å². The summed E-state index contributed by atoms with van der Waals surface area (Å²) in [5.41, 5.74) is 2.74. The van der Waals surface area contributed by atoms with Gasteiger partial charge in [-0.2, -0.15) is 0 Å². The highest BCUT2D eigenvalue weighted by molar-refractivity contribution is 5.94. The number of nitrogens with zero attached hydrogens (tertiary/aromatic N) is 2. The van der Waals surface area contributed by atoms with E-state index >= 15 is 0 Å². The van der Waals surface area contributed by atoms with Crippen molar-refractivity contribution in [2.45, 2.75) is 41.5 Å². The van der Waals surface area contributed by atoms with Gasteiger partial charge in [-0.05, 0) is 31.5 Å². The fraction of sp³-hybridized carbons (Fsp3) is 0.421. The number of ether oxygens (including phenoxy) is 1. The molecule has 132 valence electrons. The fourth-order valence-electron chi connectivity index (χ4n) is 1.57. The normalized spacial score (nSPS) is 8.92. The van der Waals surface area contributed by atoms with Crippen LogP contribution in [0.4, 0.5) is 0 Å². The summed E-state index contributed by atoms with van der Waals surface area (Å²) in [5.74, 6) is -0.113. The van der Waals surface area contributed by atoms with E-state index in [9.17, 15) is 4.79 Å². The zero-order chi connectivity index (χ0) is 18.4. The standard InChI is InChI=1S/C15H17N3O2.2C2H6/c1-11-3-5-13(6-4-11)14(19)16-7-8-20-15-17-9-12(2)10-18-15;2*1-2/h3-6,9-10H,7-8H2,1-2H3,(H,16,19);2*1-2H3. The van der Waals surface area contributed by atoms with Crippen LogP contribution in [0.25, 0.3) is 0 Å². The highest BCUT2D eigenvalue weighted by Gasteiger charge is 2.04. The Morgan fingerprint density at radius 1 is 0.958 bits per heavy atom. The maximum Gasteiger partial charge on any atom is 0.316 e. The van der Waals surface area contributed by atoms with Crippen LogP contribution in [0.15, 0.2) is 36.7 Å². The second kappa shape index (κ2) is 13.0. The zero-order valence-electron chi connectivity index (χ0n) is 15.6. The first kappa shape index (κ1) is 21.6. The molecule has 0 unspecified atom stereocenters. The number of carbonyl (C=O) groups excluding carboxylic acids is 1. The second-order valence-corrected chi connectivity index (χ2v) is 4.51. The van der Waals surface area contributed by atoms with E-state index in [2.05, 4.69) is 15.3 Å². The summed E-state index contributed by atoms with van der Waals surface area (Å²) in [6.45, 7) is 12.6. The van der Waals surface area contributed by atoms with Crippen molar-refractivity contribution in [1.29, 1.82) is 0 Å². The fourth-order valence-corrected chi connectivity index (χ4v) is 1.57. The Balaban J connectivity index is 0.00000123. The second-order valence-electron chi connectivity index (χ2n) is 4.51. The van der Waals surface area contributed by atoms with E-state index in [0.29, 0.717) is 24.7 Å². The van der Waals surface area contributed by atoms with Crippen LogP contribution in [0.5, 0.6) is 6.01 Å². The molecule has 2 rings (SSSR count).